The Labute approximate surface area is 138 Å². The predicted molar refractivity (Wildman–Crippen MR) is 93.2 cm³/mol. The first-order valence-electron chi connectivity index (χ1n) is 7.35. The molecule has 116 valence electrons. The van der Waals surface area contributed by atoms with Gasteiger partial charge in [-0.2, -0.15) is 0 Å². The van der Waals surface area contributed by atoms with Crippen LogP contribution in [-0.2, 0) is 6.42 Å². The number of anilines is 2. The molecule has 0 amide bonds. The average molecular weight is 324 g/mol. The SMILES string of the molecule is COc1ccc2c(c1)Cc1sc(Nc3ccccc3OC)nc1-2. The van der Waals surface area contributed by atoms with E-state index >= 15 is 0 Å². The fourth-order valence-corrected chi connectivity index (χ4v) is 3.86. The van der Waals surface area contributed by atoms with E-state index in [4.69, 9.17) is 14.5 Å². The van der Waals surface area contributed by atoms with E-state index in [1.54, 1.807) is 25.6 Å². The lowest BCUT2D eigenvalue weighted by molar-refractivity contribution is 0.414. The van der Waals surface area contributed by atoms with Gasteiger partial charge in [-0.05, 0) is 35.9 Å². The van der Waals surface area contributed by atoms with Crippen LogP contribution in [0.15, 0.2) is 42.5 Å². The molecular weight excluding hydrogens is 308 g/mol. The van der Waals surface area contributed by atoms with Gasteiger partial charge in [0.1, 0.15) is 11.5 Å². The normalized spacial score (nSPS) is 11.7. The minimum Gasteiger partial charge on any atom is -0.497 e. The van der Waals surface area contributed by atoms with Crippen LogP contribution in [0, 0.1) is 0 Å². The molecule has 0 spiro atoms. The van der Waals surface area contributed by atoms with E-state index in [2.05, 4.69) is 17.4 Å². The van der Waals surface area contributed by atoms with E-state index in [0.29, 0.717) is 0 Å². The molecule has 1 aliphatic rings. The lowest BCUT2D eigenvalue weighted by atomic mass is 10.1. The van der Waals surface area contributed by atoms with Crippen molar-refractivity contribution in [1.29, 1.82) is 0 Å². The highest BCUT2D eigenvalue weighted by Gasteiger charge is 2.24. The van der Waals surface area contributed by atoms with E-state index in [1.807, 2.05) is 30.3 Å². The Morgan fingerprint density at radius 3 is 2.78 bits per heavy atom. The van der Waals surface area contributed by atoms with Gasteiger partial charge in [-0.25, -0.2) is 4.98 Å². The van der Waals surface area contributed by atoms with Gasteiger partial charge in [0, 0.05) is 16.9 Å². The van der Waals surface area contributed by atoms with Crippen molar-refractivity contribution in [3.8, 4) is 22.8 Å². The van der Waals surface area contributed by atoms with Crippen LogP contribution in [0.5, 0.6) is 11.5 Å². The lowest BCUT2D eigenvalue weighted by Gasteiger charge is -2.08. The van der Waals surface area contributed by atoms with E-state index in [1.165, 1.54) is 16.0 Å². The molecule has 0 saturated heterocycles. The number of thiazole rings is 1. The van der Waals surface area contributed by atoms with E-state index in [-0.39, 0.29) is 0 Å². The molecule has 1 aromatic heterocycles. The Kier molecular flexibility index (Phi) is 3.42. The molecule has 5 heteroatoms. The summed E-state index contributed by atoms with van der Waals surface area (Å²) < 4.78 is 10.7. The standard InChI is InChI=1S/C18H16N2O2S/c1-21-12-7-8-13-11(9-12)10-16-17(13)20-18(23-16)19-14-5-3-4-6-15(14)22-2/h3-9H,10H2,1-2H3,(H,19,20). The Bertz CT molecular complexity index is 873. The van der Waals surface area contributed by atoms with Gasteiger partial charge in [0.25, 0.3) is 0 Å². The third-order valence-corrected chi connectivity index (χ3v) is 4.94. The highest BCUT2D eigenvalue weighted by molar-refractivity contribution is 7.16. The van der Waals surface area contributed by atoms with Gasteiger partial charge in [-0.3, -0.25) is 0 Å². The van der Waals surface area contributed by atoms with Crippen molar-refractivity contribution in [3.05, 3.63) is 52.9 Å². The summed E-state index contributed by atoms with van der Waals surface area (Å²) in [6.45, 7) is 0. The number of rotatable bonds is 4. The Balaban J connectivity index is 1.65. The summed E-state index contributed by atoms with van der Waals surface area (Å²) in [6, 6.07) is 14.0. The summed E-state index contributed by atoms with van der Waals surface area (Å²) in [5.41, 5.74) is 4.48. The van der Waals surface area contributed by atoms with Crippen LogP contribution in [0.25, 0.3) is 11.3 Å². The number of ether oxygens (including phenoxy) is 2. The van der Waals surface area contributed by atoms with Crippen molar-refractivity contribution in [2.24, 2.45) is 0 Å². The summed E-state index contributed by atoms with van der Waals surface area (Å²) >= 11 is 1.69. The molecule has 23 heavy (non-hydrogen) atoms. The molecule has 1 heterocycles. The number of hydrogen-bond acceptors (Lipinski definition) is 5. The zero-order chi connectivity index (χ0) is 15.8. The van der Waals surface area contributed by atoms with Crippen molar-refractivity contribution in [1.82, 2.24) is 4.98 Å². The molecule has 0 radical (unpaired) electrons. The largest absolute Gasteiger partial charge is 0.497 e. The first kappa shape index (κ1) is 14.1. The van der Waals surface area contributed by atoms with Crippen LogP contribution < -0.4 is 14.8 Å². The first-order chi connectivity index (χ1) is 11.3. The molecule has 4 nitrogen and oxygen atoms in total. The first-order valence-corrected chi connectivity index (χ1v) is 8.17. The van der Waals surface area contributed by atoms with Gasteiger partial charge in [-0.15, -0.1) is 11.3 Å². The van der Waals surface area contributed by atoms with Crippen molar-refractivity contribution in [2.75, 3.05) is 19.5 Å². The Hall–Kier alpha value is -2.53. The monoisotopic (exact) mass is 324 g/mol. The molecular formula is C18H16N2O2S. The number of nitrogens with one attached hydrogen (secondary N) is 1. The maximum atomic E-state index is 5.38. The maximum absolute atomic E-state index is 5.38. The van der Waals surface area contributed by atoms with E-state index in [9.17, 15) is 0 Å². The summed E-state index contributed by atoms with van der Waals surface area (Å²) in [4.78, 5) is 6.05. The molecule has 0 saturated carbocycles. The van der Waals surface area contributed by atoms with Crippen molar-refractivity contribution >= 4 is 22.2 Å². The second-order valence-electron chi connectivity index (χ2n) is 5.32. The summed E-state index contributed by atoms with van der Waals surface area (Å²) in [7, 11) is 3.37. The van der Waals surface area contributed by atoms with Gasteiger partial charge in [-0.1, -0.05) is 12.1 Å². The summed E-state index contributed by atoms with van der Waals surface area (Å²) in [6.07, 6.45) is 0.910. The van der Waals surface area contributed by atoms with Crippen LogP contribution in [0.4, 0.5) is 10.8 Å². The van der Waals surface area contributed by atoms with Crippen LogP contribution in [0.3, 0.4) is 0 Å². The van der Waals surface area contributed by atoms with Gasteiger partial charge >= 0.3 is 0 Å². The third-order valence-electron chi connectivity index (χ3n) is 3.96. The topological polar surface area (TPSA) is 43.4 Å². The van der Waals surface area contributed by atoms with Crippen LogP contribution >= 0.6 is 11.3 Å². The van der Waals surface area contributed by atoms with Gasteiger partial charge in [0.2, 0.25) is 0 Å². The van der Waals surface area contributed by atoms with E-state index < -0.39 is 0 Å². The number of hydrogen-bond donors (Lipinski definition) is 1. The molecule has 0 fully saturated rings. The lowest BCUT2D eigenvalue weighted by Crippen LogP contribution is -1.94. The summed E-state index contributed by atoms with van der Waals surface area (Å²) in [5.74, 6) is 1.71. The number of nitrogens with zero attached hydrogens (tertiary/aromatic N) is 1. The highest BCUT2D eigenvalue weighted by Crippen LogP contribution is 2.43. The van der Waals surface area contributed by atoms with Crippen molar-refractivity contribution < 1.29 is 9.47 Å². The fourth-order valence-electron chi connectivity index (χ4n) is 2.85. The number of methoxy groups -OCH3 is 2. The Morgan fingerprint density at radius 1 is 1.09 bits per heavy atom. The van der Waals surface area contributed by atoms with Gasteiger partial charge in [0.05, 0.1) is 25.6 Å². The molecule has 2 aromatic carbocycles. The molecule has 1 aliphatic carbocycles. The van der Waals surface area contributed by atoms with Crippen LogP contribution in [0.1, 0.15) is 10.4 Å². The minimum absolute atomic E-state index is 0.813. The van der Waals surface area contributed by atoms with E-state index in [0.717, 1.165) is 34.4 Å². The predicted octanol–water partition coefficient (Wildman–Crippen LogP) is 4.48. The second kappa shape index (κ2) is 5.59. The van der Waals surface area contributed by atoms with Crippen molar-refractivity contribution in [2.45, 2.75) is 6.42 Å². The second-order valence-corrected chi connectivity index (χ2v) is 6.40. The maximum Gasteiger partial charge on any atom is 0.188 e. The molecule has 0 aliphatic heterocycles. The zero-order valence-electron chi connectivity index (χ0n) is 12.9. The van der Waals surface area contributed by atoms with Gasteiger partial charge < -0.3 is 14.8 Å². The molecule has 0 unspecified atom stereocenters. The molecule has 4 rings (SSSR count). The number of fused-ring (bicyclic) bond motifs is 3. The number of para-hydroxylation sites is 2. The quantitative estimate of drug-likeness (QED) is 0.601. The van der Waals surface area contributed by atoms with Crippen molar-refractivity contribution in [3.63, 3.8) is 0 Å². The Morgan fingerprint density at radius 2 is 1.96 bits per heavy atom. The summed E-state index contributed by atoms with van der Waals surface area (Å²) in [5, 5.41) is 4.25. The highest BCUT2D eigenvalue weighted by atomic mass is 32.1. The third kappa shape index (κ3) is 2.43. The molecule has 1 N–H and O–H groups in total. The minimum atomic E-state index is 0.813. The molecule has 3 aromatic rings. The average Bonchev–Trinajstić information content (AvgIpc) is 3.11. The smallest absolute Gasteiger partial charge is 0.188 e. The fraction of sp³-hybridized carbons (Fsp3) is 0.167. The van der Waals surface area contributed by atoms with Crippen LogP contribution in [-0.4, -0.2) is 19.2 Å². The molecule has 0 atom stereocenters. The number of aromatic nitrogens is 1. The van der Waals surface area contributed by atoms with Gasteiger partial charge in [0.15, 0.2) is 5.13 Å². The molecule has 0 bridgehead atoms. The number of benzene rings is 2. The zero-order valence-corrected chi connectivity index (χ0v) is 13.7. The van der Waals surface area contributed by atoms with Crippen LogP contribution in [0.2, 0.25) is 0 Å².